The van der Waals surface area contributed by atoms with E-state index in [-0.39, 0.29) is 0 Å². The molecule has 1 aromatic rings. The van der Waals surface area contributed by atoms with E-state index in [0.29, 0.717) is 0 Å². The zero-order chi connectivity index (χ0) is 13.8. The minimum absolute atomic E-state index is 0.952. The molecule has 4 heteroatoms. The van der Waals surface area contributed by atoms with Crippen molar-refractivity contribution in [2.45, 2.75) is 59.5 Å². The van der Waals surface area contributed by atoms with E-state index < -0.39 is 0 Å². The van der Waals surface area contributed by atoms with Gasteiger partial charge >= 0.3 is 0 Å². The first-order valence-electron chi connectivity index (χ1n) is 7.59. The van der Waals surface area contributed by atoms with Crippen molar-refractivity contribution in [2.24, 2.45) is 5.92 Å². The van der Waals surface area contributed by atoms with Gasteiger partial charge in [-0.2, -0.15) is 5.10 Å². The highest BCUT2D eigenvalue weighted by atomic mass is 79.9. The van der Waals surface area contributed by atoms with Gasteiger partial charge < -0.3 is 0 Å². The molecule has 0 unspecified atom stereocenters. The van der Waals surface area contributed by atoms with Crippen molar-refractivity contribution in [1.82, 2.24) is 14.7 Å². The number of piperidine rings is 1. The average molecular weight is 328 g/mol. The minimum atomic E-state index is 0.952. The van der Waals surface area contributed by atoms with E-state index in [1.165, 1.54) is 48.9 Å². The lowest BCUT2D eigenvalue weighted by Crippen LogP contribution is -2.34. The molecule has 0 N–H and O–H groups in total. The largest absolute Gasteiger partial charge is 0.297 e. The number of rotatable bonds is 5. The second-order valence-corrected chi connectivity index (χ2v) is 6.46. The fourth-order valence-electron chi connectivity index (χ4n) is 3.07. The maximum atomic E-state index is 4.58. The summed E-state index contributed by atoms with van der Waals surface area (Å²) < 4.78 is 3.34. The van der Waals surface area contributed by atoms with Crippen LogP contribution >= 0.6 is 15.9 Å². The second-order valence-electron chi connectivity index (χ2n) is 5.67. The lowest BCUT2D eigenvalue weighted by molar-refractivity contribution is 0.167. The van der Waals surface area contributed by atoms with Crippen LogP contribution in [0.3, 0.4) is 0 Å². The third-order valence-corrected chi connectivity index (χ3v) is 5.26. The molecule has 2 heterocycles. The second kappa shape index (κ2) is 6.89. The van der Waals surface area contributed by atoms with Gasteiger partial charge in [0.1, 0.15) is 0 Å². The van der Waals surface area contributed by atoms with Gasteiger partial charge in [-0.3, -0.25) is 9.58 Å². The average Bonchev–Trinajstić information content (AvgIpc) is 2.69. The van der Waals surface area contributed by atoms with E-state index in [9.17, 15) is 0 Å². The minimum Gasteiger partial charge on any atom is -0.297 e. The van der Waals surface area contributed by atoms with E-state index in [1.54, 1.807) is 0 Å². The molecule has 0 aliphatic carbocycles. The van der Waals surface area contributed by atoms with Crippen LogP contribution in [0.1, 0.15) is 50.9 Å². The summed E-state index contributed by atoms with van der Waals surface area (Å²) in [5.74, 6) is 0.961. The molecule has 0 saturated carbocycles. The van der Waals surface area contributed by atoms with Gasteiger partial charge in [-0.15, -0.1) is 0 Å². The Morgan fingerprint density at radius 1 is 1.26 bits per heavy atom. The Kier molecular flexibility index (Phi) is 5.46. The molecule has 0 aromatic carbocycles. The first-order chi connectivity index (χ1) is 9.15. The van der Waals surface area contributed by atoms with Gasteiger partial charge in [-0.05, 0) is 61.6 Å². The van der Waals surface area contributed by atoms with Gasteiger partial charge in [0.15, 0.2) is 0 Å². The number of nitrogens with zero attached hydrogens (tertiary/aromatic N) is 3. The van der Waals surface area contributed by atoms with Crippen molar-refractivity contribution in [2.75, 3.05) is 13.1 Å². The molecule has 1 saturated heterocycles. The number of hydrogen-bond acceptors (Lipinski definition) is 2. The molecule has 3 nitrogen and oxygen atoms in total. The standard InChI is InChI=1S/C15H26BrN3/c1-4-6-13-7-9-18(10-8-13)11-14-15(16)12(3)17-19(14)5-2/h13H,4-11H2,1-3H3. The summed E-state index contributed by atoms with van der Waals surface area (Å²) >= 11 is 3.70. The molecular weight excluding hydrogens is 302 g/mol. The number of aryl methyl sites for hydroxylation is 2. The predicted octanol–water partition coefficient (Wildman–Crippen LogP) is 3.99. The van der Waals surface area contributed by atoms with Crippen LogP contribution < -0.4 is 0 Å². The number of likely N-dealkylation sites (tertiary alicyclic amines) is 1. The van der Waals surface area contributed by atoms with Crippen LogP contribution in [0.25, 0.3) is 0 Å². The summed E-state index contributed by atoms with van der Waals surface area (Å²) in [6, 6.07) is 0. The normalized spacial score (nSPS) is 18.1. The van der Waals surface area contributed by atoms with E-state index in [4.69, 9.17) is 0 Å². The highest BCUT2D eigenvalue weighted by molar-refractivity contribution is 9.10. The van der Waals surface area contributed by atoms with Crippen molar-refractivity contribution in [3.63, 3.8) is 0 Å². The summed E-state index contributed by atoms with van der Waals surface area (Å²) in [7, 11) is 0. The van der Waals surface area contributed by atoms with Crippen molar-refractivity contribution >= 4 is 15.9 Å². The maximum Gasteiger partial charge on any atom is 0.0739 e. The third kappa shape index (κ3) is 3.60. The van der Waals surface area contributed by atoms with Crippen LogP contribution in [-0.2, 0) is 13.1 Å². The first-order valence-corrected chi connectivity index (χ1v) is 8.39. The van der Waals surface area contributed by atoms with E-state index >= 15 is 0 Å². The van der Waals surface area contributed by atoms with E-state index in [0.717, 1.165) is 24.7 Å². The van der Waals surface area contributed by atoms with E-state index in [1.807, 2.05) is 0 Å². The Balaban J connectivity index is 1.95. The van der Waals surface area contributed by atoms with Crippen LogP contribution in [-0.4, -0.2) is 27.8 Å². The summed E-state index contributed by atoms with van der Waals surface area (Å²) in [4.78, 5) is 2.58. The van der Waals surface area contributed by atoms with E-state index in [2.05, 4.69) is 51.4 Å². The van der Waals surface area contributed by atoms with Crippen molar-refractivity contribution < 1.29 is 0 Å². The van der Waals surface area contributed by atoms with Gasteiger partial charge in [0.25, 0.3) is 0 Å². The van der Waals surface area contributed by atoms with Gasteiger partial charge in [-0.1, -0.05) is 19.8 Å². The maximum absolute atomic E-state index is 4.58. The van der Waals surface area contributed by atoms with Gasteiger partial charge in [0.2, 0.25) is 0 Å². The molecule has 2 rings (SSSR count). The zero-order valence-electron chi connectivity index (χ0n) is 12.5. The monoisotopic (exact) mass is 327 g/mol. The summed E-state index contributed by atoms with van der Waals surface area (Å²) in [6.07, 6.45) is 5.47. The third-order valence-electron chi connectivity index (χ3n) is 4.23. The SMILES string of the molecule is CCCC1CCN(Cc2c(Br)c(C)nn2CC)CC1. The highest BCUT2D eigenvalue weighted by Gasteiger charge is 2.21. The molecule has 1 aliphatic heterocycles. The Hall–Kier alpha value is -0.350. The molecule has 1 fully saturated rings. The number of hydrogen-bond donors (Lipinski definition) is 0. The molecule has 1 aromatic heterocycles. The van der Waals surface area contributed by atoms with Gasteiger partial charge in [0.05, 0.1) is 15.9 Å². The van der Waals surface area contributed by atoms with Crippen LogP contribution in [0.5, 0.6) is 0 Å². The fraction of sp³-hybridized carbons (Fsp3) is 0.800. The van der Waals surface area contributed by atoms with Crippen molar-refractivity contribution in [3.05, 3.63) is 15.9 Å². The summed E-state index contributed by atoms with van der Waals surface area (Å²) in [6.45, 7) is 11.0. The predicted molar refractivity (Wildman–Crippen MR) is 83.2 cm³/mol. The lowest BCUT2D eigenvalue weighted by atomic mass is 9.92. The molecule has 1 aliphatic rings. The fourth-order valence-corrected chi connectivity index (χ4v) is 3.48. The van der Waals surface area contributed by atoms with Crippen molar-refractivity contribution in [1.29, 1.82) is 0 Å². The molecular formula is C15H26BrN3. The van der Waals surface area contributed by atoms with Crippen LogP contribution in [0.15, 0.2) is 4.47 Å². The molecule has 0 spiro atoms. The zero-order valence-corrected chi connectivity index (χ0v) is 14.0. The Labute approximate surface area is 125 Å². The smallest absolute Gasteiger partial charge is 0.0739 e. The Bertz CT molecular complexity index is 406. The molecule has 0 radical (unpaired) electrons. The lowest BCUT2D eigenvalue weighted by Gasteiger charge is -2.32. The number of halogens is 1. The number of aromatic nitrogens is 2. The van der Waals surface area contributed by atoms with Gasteiger partial charge in [-0.25, -0.2) is 0 Å². The summed E-state index contributed by atoms with van der Waals surface area (Å²) in [5.41, 5.74) is 2.45. The Morgan fingerprint density at radius 2 is 1.95 bits per heavy atom. The Morgan fingerprint density at radius 3 is 2.53 bits per heavy atom. The molecule has 0 bridgehead atoms. The highest BCUT2D eigenvalue weighted by Crippen LogP contribution is 2.26. The molecule has 108 valence electrons. The first kappa shape index (κ1) is 15.0. The van der Waals surface area contributed by atoms with Gasteiger partial charge in [0, 0.05) is 13.1 Å². The van der Waals surface area contributed by atoms with Crippen LogP contribution in [0.2, 0.25) is 0 Å². The van der Waals surface area contributed by atoms with Crippen LogP contribution in [0, 0.1) is 12.8 Å². The quantitative estimate of drug-likeness (QED) is 0.815. The topological polar surface area (TPSA) is 21.1 Å². The van der Waals surface area contributed by atoms with Crippen LogP contribution in [0.4, 0.5) is 0 Å². The molecule has 0 amide bonds. The molecule has 19 heavy (non-hydrogen) atoms. The van der Waals surface area contributed by atoms with Crippen molar-refractivity contribution in [3.8, 4) is 0 Å². The summed E-state index contributed by atoms with van der Waals surface area (Å²) in [5, 5.41) is 4.58. The molecule has 0 atom stereocenters.